The third-order valence-corrected chi connectivity index (χ3v) is 5.30. The number of hydrogen-bond donors (Lipinski definition) is 2. The highest BCUT2D eigenvalue weighted by Gasteiger charge is 2.33. The van der Waals surface area contributed by atoms with Crippen LogP contribution in [0.2, 0.25) is 0 Å². The molecule has 0 radical (unpaired) electrons. The molecule has 1 aromatic heterocycles. The van der Waals surface area contributed by atoms with E-state index in [9.17, 15) is 9.59 Å². The largest absolute Gasteiger partial charge is 0.337 e. The van der Waals surface area contributed by atoms with Crippen LogP contribution < -0.4 is 10.2 Å². The number of amides is 2. The number of anilines is 1. The van der Waals surface area contributed by atoms with Crippen LogP contribution in [0.5, 0.6) is 0 Å². The minimum atomic E-state index is -0.633. The Morgan fingerprint density at radius 1 is 1.17 bits per heavy atom. The number of carbonyl (C=O) groups is 2. The standard InChI is InChI=1S/C22H23N5O2/c1-14-12-17(22(29)27(2)18-11-7-6-10-16(14)18)23-21(28)20-24-19(25-26-20)13-15-8-4-3-5-9-15/h3-11,14,17H,12-13H2,1-2H3,(H,23,28)(H,24,25,26)/t14-,17+/m0/s1. The lowest BCUT2D eigenvalue weighted by atomic mass is 9.94. The van der Waals surface area contributed by atoms with Crippen molar-refractivity contribution in [2.45, 2.75) is 31.7 Å². The molecule has 2 amide bonds. The first kappa shape index (κ1) is 18.9. The zero-order valence-corrected chi connectivity index (χ0v) is 16.4. The Hall–Kier alpha value is -3.48. The fourth-order valence-electron chi connectivity index (χ4n) is 3.75. The number of H-pyrrole nitrogens is 1. The Morgan fingerprint density at radius 3 is 2.69 bits per heavy atom. The van der Waals surface area contributed by atoms with Crippen molar-refractivity contribution in [1.29, 1.82) is 0 Å². The van der Waals surface area contributed by atoms with Gasteiger partial charge in [-0.25, -0.2) is 4.98 Å². The van der Waals surface area contributed by atoms with Crippen molar-refractivity contribution in [3.63, 3.8) is 0 Å². The molecule has 4 rings (SSSR count). The molecule has 7 heteroatoms. The Labute approximate surface area is 169 Å². The molecule has 7 nitrogen and oxygen atoms in total. The first-order chi connectivity index (χ1) is 14.0. The van der Waals surface area contributed by atoms with Crippen LogP contribution in [0.3, 0.4) is 0 Å². The van der Waals surface area contributed by atoms with E-state index in [4.69, 9.17) is 0 Å². The van der Waals surface area contributed by atoms with Gasteiger partial charge in [-0.1, -0.05) is 55.5 Å². The molecule has 2 N–H and O–H groups in total. The second kappa shape index (κ2) is 7.87. The van der Waals surface area contributed by atoms with Gasteiger partial charge in [-0.2, -0.15) is 0 Å². The smallest absolute Gasteiger partial charge is 0.291 e. The van der Waals surface area contributed by atoms with Gasteiger partial charge < -0.3 is 10.2 Å². The summed E-state index contributed by atoms with van der Waals surface area (Å²) in [6.07, 6.45) is 1.08. The summed E-state index contributed by atoms with van der Waals surface area (Å²) in [7, 11) is 1.74. The number of benzene rings is 2. The van der Waals surface area contributed by atoms with Crippen LogP contribution in [0.4, 0.5) is 5.69 Å². The van der Waals surface area contributed by atoms with Crippen LogP contribution in [0.1, 0.15) is 46.8 Å². The number of fused-ring (bicyclic) bond motifs is 1. The van der Waals surface area contributed by atoms with Gasteiger partial charge in [0.15, 0.2) is 0 Å². The summed E-state index contributed by atoms with van der Waals surface area (Å²) < 4.78 is 0. The van der Waals surface area contributed by atoms with E-state index in [1.165, 1.54) is 0 Å². The predicted octanol–water partition coefficient (Wildman–Crippen LogP) is 2.66. The van der Waals surface area contributed by atoms with Gasteiger partial charge in [-0.05, 0) is 29.5 Å². The molecule has 2 atom stereocenters. The van der Waals surface area contributed by atoms with Crippen molar-refractivity contribution in [1.82, 2.24) is 20.5 Å². The number of likely N-dealkylation sites (N-methyl/N-ethyl adjacent to an activating group) is 1. The van der Waals surface area contributed by atoms with Crippen molar-refractivity contribution < 1.29 is 9.59 Å². The molecule has 148 valence electrons. The third kappa shape index (κ3) is 3.89. The lowest BCUT2D eigenvalue weighted by Gasteiger charge is -2.21. The van der Waals surface area contributed by atoms with E-state index in [0.717, 1.165) is 16.8 Å². The first-order valence-corrected chi connectivity index (χ1v) is 9.65. The molecule has 29 heavy (non-hydrogen) atoms. The van der Waals surface area contributed by atoms with Gasteiger partial charge in [0.2, 0.25) is 11.7 Å². The monoisotopic (exact) mass is 389 g/mol. The number of nitrogens with zero attached hydrogens (tertiary/aromatic N) is 3. The van der Waals surface area contributed by atoms with Crippen molar-refractivity contribution in [2.24, 2.45) is 0 Å². The number of nitrogens with one attached hydrogen (secondary N) is 2. The number of hydrogen-bond acceptors (Lipinski definition) is 4. The number of aromatic amines is 1. The minimum Gasteiger partial charge on any atom is -0.337 e. The predicted molar refractivity (Wildman–Crippen MR) is 110 cm³/mol. The lowest BCUT2D eigenvalue weighted by molar-refractivity contribution is -0.120. The Balaban J connectivity index is 1.48. The van der Waals surface area contributed by atoms with Gasteiger partial charge in [0.05, 0.1) is 0 Å². The van der Waals surface area contributed by atoms with Crippen LogP contribution in [0.15, 0.2) is 54.6 Å². The summed E-state index contributed by atoms with van der Waals surface area (Å²) in [6, 6.07) is 17.0. The molecule has 0 aliphatic carbocycles. The topological polar surface area (TPSA) is 91.0 Å². The van der Waals surface area contributed by atoms with E-state index in [1.807, 2.05) is 54.6 Å². The van der Waals surface area contributed by atoms with E-state index in [-0.39, 0.29) is 17.6 Å². The highest BCUT2D eigenvalue weighted by atomic mass is 16.2. The fourth-order valence-corrected chi connectivity index (χ4v) is 3.75. The second-order valence-corrected chi connectivity index (χ2v) is 7.39. The van der Waals surface area contributed by atoms with E-state index >= 15 is 0 Å². The van der Waals surface area contributed by atoms with Crippen molar-refractivity contribution >= 4 is 17.5 Å². The summed E-state index contributed by atoms with van der Waals surface area (Å²) in [5, 5.41) is 9.66. The van der Waals surface area contributed by atoms with Gasteiger partial charge in [0.1, 0.15) is 11.9 Å². The van der Waals surface area contributed by atoms with Crippen LogP contribution in [-0.2, 0) is 11.2 Å². The number of aromatic nitrogens is 3. The molecule has 0 saturated carbocycles. The molecule has 1 aliphatic rings. The zero-order chi connectivity index (χ0) is 20.4. The summed E-state index contributed by atoms with van der Waals surface area (Å²) in [5.74, 6) is 0.180. The molecule has 0 fully saturated rings. The summed E-state index contributed by atoms with van der Waals surface area (Å²) in [6.45, 7) is 2.06. The average Bonchev–Trinajstić information content (AvgIpc) is 3.18. The van der Waals surface area contributed by atoms with Crippen molar-refractivity contribution in [2.75, 3.05) is 11.9 Å². The highest BCUT2D eigenvalue weighted by molar-refractivity contribution is 6.02. The highest BCUT2D eigenvalue weighted by Crippen LogP contribution is 2.33. The fraction of sp³-hybridized carbons (Fsp3) is 0.273. The maximum Gasteiger partial charge on any atom is 0.291 e. The van der Waals surface area contributed by atoms with Gasteiger partial charge in [0.25, 0.3) is 5.91 Å². The van der Waals surface area contributed by atoms with E-state index in [0.29, 0.717) is 18.7 Å². The molecule has 1 aliphatic heterocycles. The van der Waals surface area contributed by atoms with Gasteiger partial charge in [-0.15, -0.1) is 5.10 Å². The van der Waals surface area contributed by atoms with E-state index in [1.54, 1.807) is 11.9 Å². The minimum absolute atomic E-state index is 0.0424. The van der Waals surface area contributed by atoms with Gasteiger partial charge in [-0.3, -0.25) is 14.7 Å². The molecular formula is C22H23N5O2. The van der Waals surface area contributed by atoms with Crippen molar-refractivity contribution in [3.8, 4) is 0 Å². The van der Waals surface area contributed by atoms with Gasteiger partial charge >= 0.3 is 0 Å². The number of rotatable bonds is 4. The van der Waals surface area contributed by atoms with Crippen LogP contribution in [-0.4, -0.2) is 40.1 Å². The first-order valence-electron chi connectivity index (χ1n) is 9.65. The quantitative estimate of drug-likeness (QED) is 0.718. The molecule has 0 bridgehead atoms. The molecule has 0 unspecified atom stereocenters. The maximum absolute atomic E-state index is 12.9. The second-order valence-electron chi connectivity index (χ2n) is 7.39. The summed E-state index contributed by atoms with van der Waals surface area (Å²) in [5.41, 5.74) is 3.05. The normalized spacial score (nSPS) is 18.8. The van der Waals surface area contributed by atoms with E-state index in [2.05, 4.69) is 27.4 Å². The summed E-state index contributed by atoms with van der Waals surface area (Å²) in [4.78, 5) is 31.5. The molecule has 0 spiro atoms. The number of para-hydroxylation sites is 1. The van der Waals surface area contributed by atoms with Gasteiger partial charge in [0, 0.05) is 19.2 Å². The number of carbonyl (C=O) groups excluding carboxylic acids is 2. The maximum atomic E-state index is 12.9. The van der Waals surface area contributed by atoms with E-state index < -0.39 is 11.9 Å². The average molecular weight is 389 g/mol. The Kier molecular flexibility index (Phi) is 5.12. The Morgan fingerprint density at radius 2 is 1.90 bits per heavy atom. The third-order valence-electron chi connectivity index (χ3n) is 5.30. The summed E-state index contributed by atoms with van der Waals surface area (Å²) >= 11 is 0. The molecule has 2 heterocycles. The van der Waals surface area contributed by atoms with Crippen molar-refractivity contribution in [3.05, 3.63) is 77.4 Å². The molecule has 3 aromatic rings. The lowest BCUT2D eigenvalue weighted by Crippen LogP contribution is -2.47. The van der Waals surface area contributed by atoms with Crippen LogP contribution in [0, 0.1) is 0 Å². The molecular weight excluding hydrogens is 366 g/mol. The van der Waals surface area contributed by atoms with Crippen LogP contribution >= 0.6 is 0 Å². The molecule has 0 saturated heterocycles. The SMILES string of the molecule is C[C@H]1C[C@@H](NC(=O)c2n[nH]c(Cc3ccccc3)n2)C(=O)N(C)c2ccccc21. The Bertz CT molecular complexity index is 1030. The van der Waals surface area contributed by atoms with Crippen LogP contribution in [0.25, 0.3) is 0 Å². The molecule has 2 aromatic carbocycles. The zero-order valence-electron chi connectivity index (χ0n) is 16.4.